The monoisotopic (exact) mass is 434 g/mol. The summed E-state index contributed by atoms with van der Waals surface area (Å²) < 4.78 is 20.7. The lowest BCUT2D eigenvalue weighted by molar-refractivity contribution is -0.137. The molecule has 0 spiro atoms. The molecule has 32 heavy (non-hydrogen) atoms. The Balaban J connectivity index is 1.66. The maximum atomic E-state index is 14.3. The third-order valence-electron chi connectivity index (χ3n) is 4.81. The molecule has 2 N–H and O–H groups in total. The van der Waals surface area contributed by atoms with Crippen LogP contribution in [-0.2, 0) is 11.3 Å². The number of hydrogen-bond donors (Lipinski definition) is 2. The topological polar surface area (TPSA) is 110 Å². The molecule has 0 fully saturated rings. The number of aromatic nitrogens is 3. The molecule has 8 nitrogen and oxygen atoms in total. The Morgan fingerprint density at radius 1 is 1.19 bits per heavy atom. The third kappa shape index (κ3) is 4.27. The largest absolute Gasteiger partial charge is 0.480 e. The van der Waals surface area contributed by atoms with Gasteiger partial charge in [0.15, 0.2) is 0 Å². The number of oxazole rings is 1. The van der Waals surface area contributed by atoms with Crippen LogP contribution in [0.2, 0.25) is 0 Å². The zero-order valence-electron chi connectivity index (χ0n) is 17.0. The van der Waals surface area contributed by atoms with Crippen LogP contribution in [0.25, 0.3) is 22.8 Å². The highest BCUT2D eigenvalue weighted by Gasteiger charge is 2.19. The summed E-state index contributed by atoms with van der Waals surface area (Å²) in [5.74, 6) is -1.49. The molecule has 0 aliphatic rings. The Bertz CT molecular complexity index is 1320. The fourth-order valence-electron chi connectivity index (χ4n) is 3.24. The lowest BCUT2D eigenvalue weighted by atomic mass is 10.2. The van der Waals surface area contributed by atoms with Crippen LogP contribution in [-0.4, -0.2) is 25.6 Å². The molecule has 0 unspecified atom stereocenters. The predicted octanol–water partition coefficient (Wildman–Crippen LogP) is 3.96. The second-order valence-electron chi connectivity index (χ2n) is 7.07. The first-order valence-corrected chi connectivity index (χ1v) is 9.78. The van der Waals surface area contributed by atoms with E-state index in [1.807, 2.05) is 30.3 Å². The summed E-state index contributed by atoms with van der Waals surface area (Å²) >= 11 is 0. The molecule has 2 aromatic carbocycles. The fraction of sp³-hybridized carbons (Fsp3) is 0.130. The Morgan fingerprint density at radius 2 is 1.91 bits per heavy atom. The van der Waals surface area contributed by atoms with Crippen molar-refractivity contribution in [2.75, 3.05) is 5.32 Å². The van der Waals surface area contributed by atoms with E-state index in [1.165, 1.54) is 30.7 Å². The number of nitrogens with one attached hydrogen (secondary N) is 1. The van der Waals surface area contributed by atoms with E-state index in [9.17, 15) is 19.1 Å². The number of aliphatic carboxylic acids is 1. The highest BCUT2D eigenvalue weighted by molar-refractivity contribution is 5.68. The van der Waals surface area contributed by atoms with Crippen LogP contribution in [0.1, 0.15) is 18.7 Å². The smallest absolute Gasteiger partial charge is 0.323 e. The lowest BCUT2D eigenvalue weighted by Gasteiger charge is -2.16. The van der Waals surface area contributed by atoms with Gasteiger partial charge in [-0.3, -0.25) is 14.2 Å². The van der Waals surface area contributed by atoms with Gasteiger partial charge in [0.1, 0.15) is 35.8 Å². The highest BCUT2D eigenvalue weighted by atomic mass is 19.1. The number of rotatable bonds is 7. The van der Waals surface area contributed by atoms with Gasteiger partial charge in [0.2, 0.25) is 5.89 Å². The molecule has 2 heterocycles. The molecule has 1 atom stereocenters. The Morgan fingerprint density at radius 3 is 2.62 bits per heavy atom. The number of carbonyl (C=O) groups is 1. The van der Waals surface area contributed by atoms with Crippen LogP contribution in [0.4, 0.5) is 10.1 Å². The van der Waals surface area contributed by atoms with Gasteiger partial charge in [0, 0.05) is 5.56 Å². The first kappa shape index (κ1) is 21.0. The van der Waals surface area contributed by atoms with Crippen LogP contribution in [0.15, 0.2) is 76.3 Å². The average Bonchev–Trinajstić information content (AvgIpc) is 3.28. The first-order chi connectivity index (χ1) is 15.4. The molecular formula is C23H19FN4O4. The summed E-state index contributed by atoms with van der Waals surface area (Å²) in [6, 6.07) is 14.6. The molecule has 4 aromatic rings. The number of carboxylic acids is 1. The molecule has 2 aromatic heterocycles. The van der Waals surface area contributed by atoms with Crippen LogP contribution < -0.4 is 10.9 Å². The number of benzene rings is 2. The van der Waals surface area contributed by atoms with Crippen molar-refractivity contribution < 1.29 is 18.7 Å². The quantitative estimate of drug-likeness (QED) is 0.453. The van der Waals surface area contributed by atoms with E-state index in [-0.39, 0.29) is 17.1 Å². The highest BCUT2D eigenvalue weighted by Crippen LogP contribution is 2.24. The molecule has 9 heteroatoms. The van der Waals surface area contributed by atoms with Crippen LogP contribution >= 0.6 is 0 Å². The van der Waals surface area contributed by atoms with Gasteiger partial charge in [-0.05, 0) is 31.2 Å². The van der Waals surface area contributed by atoms with Gasteiger partial charge >= 0.3 is 5.97 Å². The van der Waals surface area contributed by atoms with Gasteiger partial charge in [-0.1, -0.05) is 30.3 Å². The summed E-state index contributed by atoms with van der Waals surface area (Å²) in [5, 5.41) is 12.3. The van der Waals surface area contributed by atoms with Crippen molar-refractivity contribution in [1.82, 2.24) is 14.5 Å². The fourth-order valence-corrected chi connectivity index (χ4v) is 3.24. The van der Waals surface area contributed by atoms with Crippen molar-refractivity contribution in [2.45, 2.75) is 19.5 Å². The molecule has 0 radical (unpaired) electrons. The molecular weight excluding hydrogens is 415 g/mol. The minimum absolute atomic E-state index is 0.0365. The zero-order chi connectivity index (χ0) is 22.7. The summed E-state index contributed by atoms with van der Waals surface area (Å²) in [7, 11) is 0. The number of halogens is 1. The first-order valence-electron chi connectivity index (χ1n) is 9.78. The van der Waals surface area contributed by atoms with Gasteiger partial charge in [-0.2, -0.15) is 0 Å². The van der Waals surface area contributed by atoms with Gasteiger partial charge in [-0.15, -0.1) is 0 Å². The predicted molar refractivity (Wildman–Crippen MR) is 116 cm³/mol. The van der Waals surface area contributed by atoms with Crippen molar-refractivity contribution in [3.05, 3.63) is 88.9 Å². The van der Waals surface area contributed by atoms with Gasteiger partial charge in [0.05, 0.1) is 17.8 Å². The van der Waals surface area contributed by atoms with E-state index in [2.05, 4.69) is 15.3 Å². The van der Waals surface area contributed by atoms with Crippen molar-refractivity contribution in [3.63, 3.8) is 0 Å². The number of anilines is 1. The lowest BCUT2D eigenvalue weighted by Crippen LogP contribution is -2.29. The maximum absolute atomic E-state index is 14.3. The van der Waals surface area contributed by atoms with Crippen LogP contribution in [0.5, 0.6) is 0 Å². The Labute approximate surface area is 182 Å². The van der Waals surface area contributed by atoms with E-state index in [1.54, 1.807) is 13.0 Å². The molecule has 0 bridgehead atoms. The zero-order valence-corrected chi connectivity index (χ0v) is 17.0. The number of nitrogens with zero attached hydrogens (tertiary/aromatic N) is 3. The summed E-state index contributed by atoms with van der Waals surface area (Å²) in [4.78, 5) is 33.0. The molecule has 0 amide bonds. The third-order valence-corrected chi connectivity index (χ3v) is 4.81. The van der Waals surface area contributed by atoms with Crippen LogP contribution in [0, 0.1) is 5.82 Å². The van der Waals surface area contributed by atoms with Gasteiger partial charge in [0.25, 0.3) is 5.56 Å². The van der Waals surface area contributed by atoms with E-state index in [4.69, 9.17) is 4.42 Å². The van der Waals surface area contributed by atoms with Crippen LogP contribution in [0.3, 0.4) is 0 Å². The van der Waals surface area contributed by atoms with E-state index >= 15 is 0 Å². The standard InChI is InChI=1S/C23H19FN4O4/c1-14(19-13-32-22(27-19)15-7-3-2-4-8-15)26-18-11-25-21(16-9-5-6-10-17(16)24)28(23(18)31)12-20(29)30/h2-11,13-14,26H,12H2,1H3,(H,29,30)/t14-/m1/s1. The summed E-state index contributed by atoms with van der Waals surface area (Å²) in [5.41, 5.74) is 0.814. The number of carboxylic acid groups (broad SMARTS) is 1. The van der Waals surface area contributed by atoms with Gasteiger partial charge < -0.3 is 14.8 Å². The normalized spacial score (nSPS) is 11.8. The van der Waals surface area contributed by atoms with E-state index in [0.29, 0.717) is 11.6 Å². The molecule has 0 saturated heterocycles. The molecule has 162 valence electrons. The van der Waals surface area contributed by atoms with Gasteiger partial charge in [-0.25, -0.2) is 14.4 Å². The number of hydrogen-bond acceptors (Lipinski definition) is 6. The average molecular weight is 434 g/mol. The molecule has 4 rings (SSSR count). The second kappa shape index (κ2) is 8.84. The van der Waals surface area contributed by atoms with Crippen molar-refractivity contribution in [2.24, 2.45) is 0 Å². The summed E-state index contributed by atoms with van der Waals surface area (Å²) in [6.45, 7) is 1.11. The minimum atomic E-state index is -1.25. The van der Waals surface area contributed by atoms with E-state index < -0.39 is 29.9 Å². The maximum Gasteiger partial charge on any atom is 0.323 e. The molecule has 0 saturated carbocycles. The Hall–Kier alpha value is -4.27. The minimum Gasteiger partial charge on any atom is -0.480 e. The molecule has 0 aliphatic heterocycles. The van der Waals surface area contributed by atoms with E-state index in [0.717, 1.165) is 10.1 Å². The van der Waals surface area contributed by atoms with Crippen molar-refractivity contribution in [3.8, 4) is 22.8 Å². The van der Waals surface area contributed by atoms with Crippen molar-refractivity contribution >= 4 is 11.7 Å². The molecule has 0 aliphatic carbocycles. The Kier molecular flexibility index (Phi) is 5.80. The SMILES string of the molecule is C[C@@H](Nc1cnc(-c2ccccc2F)n(CC(=O)O)c1=O)c1coc(-c2ccccc2)n1. The second-order valence-corrected chi connectivity index (χ2v) is 7.07. The summed E-state index contributed by atoms with van der Waals surface area (Å²) in [6.07, 6.45) is 2.74. The van der Waals surface area contributed by atoms with Crippen molar-refractivity contribution in [1.29, 1.82) is 0 Å².